The van der Waals surface area contributed by atoms with Crippen LogP contribution in [0, 0.1) is 0 Å². The highest BCUT2D eigenvalue weighted by Gasteiger charge is 2.21. The fourth-order valence-corrected chi connectivity index (χ4v) is 11.4. The van der Waals surface area contributed by atoms with Gasteiger partial charge in [-0.2, -0.15) is 0 Å². The van der Waals surface area contributed by atoms with E-state index in [9.17, 15) is 0 Å². The minimum absolute atomic E-state index is 0.883. The molecule has 3 aromatic heterocycles. The molecule has 15 aromatic rings. The van der Waals surface area contributed by atoms with Crippen molar-refractivity contribution in [3.63, 3.8) is 0 Å². The van der Waals surface area contributed by atoms with Crippen molar-refractivity contribution in [3.05, 3.63) is 243 Å². The minimum atomic E-state index is 0.883. The second-order valence-electron chi connectivity index (χ2n) is 18.7. The van der Waals surface area contributed by atoms with E-state index in [1.165, 1.54) is 76.1 Å². The zero-order valence-corrected chi connectivity index (χ0v) is 38.4. The number of nitrogens with zero attached hydrogens (tertiary/aromatic N) is 4. The highest BCUT2D eigenvalue weighted by atomic mass is 15.1. The number of para-hydroxylation sites is 2. The van der Waals surface area contributed by atoms with E-state index in [4.69, 9.17) is 15.0 Å². The Morgan fingerprint density at radius 2 is 0.775 bits per heavy atom. The lowest BCUT2D eigenvalue weighted by atomic mass is 9.83. The molecular formula is C67H40N4. The molecule has 0 radical (unpaired) electrons. The van der Waals surface area contributed by atoms with Crippen LogP contribution in [0.2, 0.25) is 0 Å². The van der Waals surface area contributed by atoms with Gasteiger partial charge in [-0.15, -0.1) is 0 Å². The topological polar surface area (TPSA) is 43.6 Å². The van der Waals surface area contributed by atoms with Crippen molar-refractivity contribution in [1.82, 2.24) is 19.5 Å². The average molecular weight is 901 g/mol. The Labute approximate surface area is 408 Å². The maximum Gasteiger partial charge on any atom is 0.145 e. The summed E-state index contributed by atoms with van der Waals surface area (Å²) < 4.78 is 2.29. The normalized spacial score (nSPS) is 11.9. The van der Waals surface area contributed by atoms with Crippen LogP contribution in [0.25, 0.3) is 149 Å². The van der Waals surface area contributed by atoms with Crippen LogP contribution in [0.1, 0.15) is 0 Å². The van der Waals surface area contributed by atoms with Gasteiger partial charge in [0.2, 0.25) is 0 Å². The molecule has 15 rings (SSSR count). The van der Waals surface area contributed by atoms with Crippen molar-refractivity contribution in [2.24, 2.45) is 0 Å². The molecule has 0 aliphatic rings. The van der Waals surface area contributed by atoms with E-state index < -0.39 is 0 Å². The Bertz CT molecular complexity index is 4540. The standard InChI is InChI=1S/C67H40N4/c1-2-11-41(12-3-1)57-39-33-47-25-26-48-34-40-58(69-66(48)65(47)68-57)42-21-27-49(28-22-42)67-70-59-19-8-9-20-60(59)71(67)50-35-29-45(30-36-50)62-51-15-4-6-17-53(51)64(54-18-7-5-16-52(54)62)56-38-32-46-24-23-43-13-10-14-44-31-37-55(56)63(46)61(43)44/h1-40H. The van der Waals surface area contributed by atoms with E-state index in [1.54, 1.807) is 0 Å². The fraction of sp³-hybridized carbons (Fsp3) is 0. The first-order valence-corrected chi connectivity index (χ1v) is 24.3. The smallest absolute Gasteiger partial charge is 0.145 e. The summed E-state index contributed by atoms with van der Waals surface area (Å²) in [6, 6.07) is 87.6. The highest BCUT2D eigenvalue weighted by Crippen LogP contribution is 2.47. The van der Waals surface area contributed by atoms with Gasteiger partial charge in [0.15, 0.2) is 0 Å². The maximum atomic E-state index is 5.26. The van der Waals surface area contributed by atoms with Gasteiger partial charge in [0.1, 0.15) is 5.82 Å². The third-order valence-corrected chi connectivity index (χ3v) is 14.7. The Kier molecular flexibility index (Phi) is 8.62. The largest absolute Gasteiger partial charge is 0.292 e. The number of hydrogen-bond acceptors (Lipinski definition) is 3. The number of hydrogen-bond donors (Lipinski definition) is 0. The molecule has 0 amide bonds. The lowest BCUT2D eigenvalue weighted by molar-refractivity contribution is 1.10. The first-order chi connectivity index (χ1) is 35.2. The van der Waals surface area contributed by atoms with Crippen molar-refractivity contribution < 1.29 is 0 Å². The van der Waals surface area contributed by atoms with Crippen molar-refractivity contribution in [2.75, 3.05) is 0 Å². The van der Waals surface area contributed by atoms with Gasteiger partial charge in [0.05, 0.1) is 33.5 Å². The minimum Gasteiger partial charge on any atom is -0.292 e. The first kappa shape index (κ1) is 39.5. The monoisotopic (exact) mass is 900 g/mol. The van der Waals surface area contributed by atoms with Crippen LogP contribution < -0.4 is 0 Å². The number of fused-ring (bicyclic) bond motifs is 6. The predicted octanol–water partition coefficient (Wildman–Crippen LogP) is 17.7. The van der Waals surface area contributed by atoms with Crippen molar-refractivity contribution in [1.29, 1.82) is 0 Å². The third kappa shape index (κ3) is 6.15. The van der Waals surface area contributed by atoms with Crippen LogP contribution in [0.15, 0.2) is 243 Å². The predicted molar refractivity (Wildman–Crippen MR) is 298 cm³/mol. The lowest BCUT2D eigenvalue weighted by Crippen LogP contribution is -1.98. The number of pyridine rings is 2. The van der Waals surface area contributed by atoms with Gasteiger partial charge in [0.25, 0.3) is 0 Å². The van der Waals surface area contributed by atoms with Gasteiger partial charge in [-0.3, -0.25) is 4.57 Å². The highest BCUT2D eigenvalue weighted by molar-refractivity contribution is 6.29. The van der Waals surface area contributed by atoms with Gasteiger partial charge < -0.3 is 0 Å². The summed E-state index contributed by atoms with van der Waals surface area (Å²) >= 11 is 0. The van der Waals surface area contributed by atoms with E-state index in [0.29, 0.717) is 0 Å². The molecule has 0 N–H and O–H groups in total. The lowest BCUT2D eigenvalue weighted by Gasteiger charge is -2.20. The summed E-state index contributed by atoms with van der Waals surface area (Å²) in [5, 5.41) is 14.9. The van der Waals surface area contributed by atoms with Crippen LogP contribution >= 0.6 is 0 Å². The second-order valence-corrected chi connectivity index (χ2v) is 18.7. The summed E-state index contributed by atoms with van der Waals surface area (Å²) in [5.41, 5.74) is 14.8. The summed E-state index contributed by atoms with van der Waals surface area (Å²) in [7, 11) is 0. The molecule has 0 atom stereocenters. The zero-order chi connectivity index (χ0) is 46.6. The van der Waals surface area contributed by atoms with Crippen LogP contribution in [-0.2, 0) is 0 Å². The average Bonchev–Trinajstić information content (AvgIpc) is 3.84. The van der Waals surface area contributed by atoms with Crippen molar-refractivity contribution in [2.45, 2.75) is 0 Å². The SMILES string of the molecule is c1ccc(-c2ccc3ccc4ccc(-c5ccc(-c6nc7ccccc7n6-c6ccc(-c7c8ccccc8c(-c8ccc9ccc%10cccc%11ccc8c9c%10%11)c8ccccc78)cc6)cc5)nc4c3n2)cc1. The molecule has 0 unspecified atom stereocenters. The van der Waals surface area contributed by atoms with E-state index in [0.717, 1.165) is 72.4 Å². The molecule has 4 heteroatoms. The Hall–Kier alpha value is -9.51. The van der Waals surface area contributed by atoms with Gasteiger partial charge in [-0.1, -0.05) is 206 Å². The van der Waals surface area contributed by atoms with Crippen LogP contribution in [-0.4, -0.2) is 19.5 Å². The summed E-state index contributed by atoms with van der Waals surface area (Å²) in [6.45, 7) is 0. The van der Waals surface area contributed by atoms with Crippen LogP contribution in [0.4, 0.5) is 0 Å². The third-order valence-electron chi connectivity index (χ3n) is 14.7. The Balaban J connectivity index is 0.828. The first-order valence-electron chi connectivity index (χ1n) is 24.3. The number of aromatic nitrogens is 4. The molecule has 71 heavy (non-hydrogen) atoms. The molecular weight excluding hydrogens is 861 g/mol. The molecule has 4 nitrogen and oxygen atoms in total. The molecule has 0 saturated carbocycles. The van der Waals surface area contributed by atoms with Crippen molar-refractivity contribution >= 4 is 86.7 Å². The van der Waals surface area contributed by atoms with E-state index in [1.807, 2.05) is 18.2 Å². The van der Waals surface area contributed by atoms with Gasteiger partial charge in [-0.25, -0.2) is 15.0 Å². The van der Waals surface area contributed by atoms with Gasteiger partial charge in [-0.05, 0) is 113 Å². The molecule has 0 bridgehead atoms. The van der Waals surface area contributed by atoms with E-state index in [-0.39, 0.29) is 0 Å². The molecule has 328 valence electrons. The molecule has 0 aliphatic heterocycles. The van der Waals surface area contributed by atoms with Gasteiger partial charge >= 0.3 is 0 Å². The molecule has 3 heterocycles. The van der Waals surface area contributed by atoms with E-state index in [2.05, 4.69) is 229 Å². The quantitative estimate of drug-likeness (QED) is 0.123. The number of imidazole rings is 1. The molecule has 0 saturated heterocycles. The number of rotatable bonds is 6. The molecule has 0 spiro atoms. The Morgan fingerprint density at radius 3 is 1.44 bits per heavy atom. The summed E-state index contributed by atoms with van der Waals surface area (Å²) in [6.07, 6.45) is 0. The molecule has 12 aromatic carbocycles. The maximum absolute atomic E-state index is 5.26. The van der Waals surface area contributed by atoms with Crippen molar-refractivity contribution in [3.8, 4) is 61.8 Å². The summed E-state index contributed by atoms with van der Waals surface area (Å²) in [4.78, 5) is 15.6. The fourth-order valence-electron chi connectivity index (χ4n) is 11.4. The zero-order valence-electron chi connectivity index (χ0n) is 38.4. The summed E-state index contributed by atoms with van der Waals surface area (Å²) in [5.74, 6) is 0.883. The van der Waals surface area contributed by atoms with Crippen LogP contribution in [0.5, 0.6) is 0 Å². The number of benzene rings is 12. The second kappa shape index (κ2) is 15.5. The Morgan fingerprint density at radius 1 is 0.282 bits per heavy atom. The molecule has 0 aliphatic carbocycles. The van der Waals surface area contributed by atoms with Gasteiger partial charge in [0, 0.05) is 33.2 Å². The van der Waals surface area contributed by atoms with E-state index >= 15 is 0 Å². The van der Waals surface area contributed by atoms with Crippen LogP contribution in [0.3, 0.4) is 0 Å². The molecule has 0 fully saturated rings.